The third-order valence-corrected chi connectivity index (χ3v) is 5.82. The van der Waals surface area contributed by atoms with Crippen LogP contribution in [-0.4, -0.2) is 57.6 Å². The fourth-order valence-electron chi connectivity index (χ4n) is 3.77. The van der Waals surface area contributed by atoms with E-state index < -0.39 is 6.10 Å². The van der Waals surface area contributed by atoms with Crippen molar-refractivity contribution in [2.24, 2.45) is 11.8 Å². The van der Waals surface area contributed by atoms with Gasteiger partial charge in [-0.1, -0.05) is 11.8 Å². The summed E-state index contributed by atoms with van der Waals surface area (Å²) in [7, 11) is 1.57. The van der Waals surface area contributed by atoms with E-state index in [1.54, 1.807) is 19.4 Å². The molecular weight excluding hydrogens is 394 g/mol. The van der Waals surface area contributed by atoms with Crippen molar-refractivity contribution in [3.63, 3.8) is 0 Å². The summed E-state index contributed by atoms with van der Waals surface area (Å²) in [5, 5.41) is 26.6. The van der Waals surface area contributed by atoms with E-state index >= 15 is 0 Å². The van der Waals surface area contributed by atoms with Crippen molar-refractivity contribution < 1.29 is 14.9 Å². The lowest BCUT2D eigenvalue weighted by atomic mass is 10.1. The summed E-state index contributed by atoms with van der Waals surface area (Å²) >= 11 is 0. The minimum Gasteiger partial charge on any atom is -0.481 e. The van der Waals surface area contributed by atoms with Crippen LogP contribution in [0.4, 0.5) is 11.8 Å². The molecule has 3 atom stereocenters. The van der Waals surface area contributed by atoms with Crippen LogP contribution in [-0.2, 0) is 0 Å². The van der Waals surface area contributed by atoms with Gasteiger partial charge in [-0.15, -0.1) is 0 Å². The number of ether oxygens (including phenoxy) is 1. The minimum atomic E-state index is -0.540. The van der Waals surface area contributed by atoms with Gasteiger partial charge < -0.3 is 25.6 Å². The van der Waals surface area contributed by atoms with Crippen LogP contribution < -0.4 is 15.4 Å². The van der Waals surface area contributed by atoms with Crippen LogP contribution >= 0.6 is 0 Å². The second-order valence-electron chi connectivity index (χ2n) is 8.36. The summed E-state index contributed by atoms with van der Waals surface area (Å²) < 4.78 is 5.09. The molecule has 2 aromatic rings. The van der Waals surface area contributed by atoms with E-state index in [2.05, 4.69) is 37.4 Å². The number of aryl methyl sites for hydroxylation is 1. The van der Waals surface area contributed by atoms with Crippen molar-refractivity contribution in [2.75, 3.05) is 30.9 Å². The maximum absolute atomic E-state index is 10.4. The van der Waals surface area contributed by atoms with Crippen molar-refractivity contribution >= 4 is 11.8 Å². The lowest BCUT2D eigenvalue weighted by Crippen LogP contribution is -2.29. The van der Waals surface area contributed by atoms with Gasteiger partial charge >= 0.3 is 0 Å². The number of nitrogens with zero attached hydrogens (tertiary/aromatic N) is 3. The van der Waals surface area contributed by atoms with Crippen molar-refractivity contribution in [2.45, 2.75) is 44.8 Å². The van der Waals surface area contributed by atoms with Crippen LogP contribution in [0, 0.1) is 30.6 Å². The van der Waals surface area contributed by atoms with E-state index in [1.807, 2.05) is 13.0 Å². The zero-order chi connectivity index (χ0) is 21.8. The predicted octanol–water partition coefficient (Wildman–Crippen LogP) is 1.95. The number of rotatable bonds is 7. The number of pyridine rings is 1. The van der Waals surface area contributed by atoms with Crippen LogP contribution in [0.25, 0.3) is 0 Å². The normalized spacial score (nSPS) is 22.5. The Labute approximate surface area is 182 Å². The van der Waals surface area contributed by atoms with Gasteiger partial charge in [0, 0.05) is 31.0 Å². The molecular formula is C23H29N5O3. The average molecular weight is 424 g/mol. The molecule has 2 saturated carbocycles. The molecule has 2 aromatic heterocycles. The lowest BCUT2D eigenvalue weighted by Gasteiger charge is -2.19. The summed E-state index contributed by atoms with van der Waals surface area (Å²) in [6, 6.07) is 3.42. The lowest BCUT2D eigenvalue weighted by molar-refractivity contribution is 0.157. The van der Waals surface area contributed by atoms with Crippen LogP contribution in [0.15, 0.2) is 18.3 Å². The van der Waals surface area contributed by atoms with Crippen LogP contribution in [0.1, 0.15) is 42.5 Å². The van der Waals surface area contributed by atoms with Crippen LogP contribution in [0.3, 0.4) is 0 Å². The van der Waals surface area contributed by atoms with Gasteiger partial charge in [0.25, 0.3) is 0 Å². The monoisotopic (exact) mass is 423 g/mol. The number of methoxy groups -OCH3 is 1. The second kappa shape index (κ2) is 9.50. The number of anilines is 2. The second-order valence-corrected chi connectivity index (χ2v) is 8.36. The Balaban J connectivity index is 1.61. The fourth-order valence-corrected chi connectivity index (χ4v) is 3.77. The maximum atomic E-state index is 10.4. The van der Waals surface area contributed by atoms with E-state index in [4.69, 9.17) is 4.74 Å². The molecule has 2 aliphatic rings. The molecule has 8 nitrogen and oxygen atoms in total. The number of aliphatic hydroxyl groups is 2. The van der Waals surface area contributed by atoms with Gasteiger partial charge in [0.15, 0.2) is 0 Å². The Bertz CT molecular complexity index is 966. The first-order valence-corrected chi connectivity index (χ1v) is 10.8. The van der Waals surface area contributed by atoms with Gasteiger partial charge in [0.2, 0.25) is 11.8 Å². The Kier molecular flexibility index (Phi) is 6.54. The molecule has 164 valence electrons. The topological polar surface area (TPSA) is 112 Å². The zero-order valence-electron chi connectivity index (χ0n) is 17.9. The Hall–Kier alpha value is -2.89. The summed E-state index contributed by atoms with van der Waals surface area (Å²) in [6.45, 7) is 2.84. The SMILES string of the molecule is COc1ccc(C#Cc2c(C)nc(NCC3CC3)nc2N[C@@H]2C[C@H](CO)C[C@H]2O)cn1. The largest absolute Gasteiger partial charge is 0.481 e. The molecule has 0 spiro atoms. The zero-order valence-corrected chi connectivity index (χ0v) is 17.9. The molecule has 2 heterocycles. The van der Waals surface area contributed by atoms with Gasteiger partial charge in [0.1, 0.15) is 5.82 Å². The first kappa shape index (κ1) is 21.3. The molecule has 0 bridgehead atoms. The molecule has 2 fully saturated rings. The fraction of sp³-hybridized carbons (Fsp3) is 0.522. The molecule has 4 rings (SSSR count). The summed E-state index contributed by atoms with van der Waals surface area (Å²) in [5.74, 6) is 8.78. The van der Waals surface area contributed by atoms with E-state index in [1.165, 1.54) is 12.8 Å². The number of hydrogen-bond donors (Lipinski definition) is 4. The minimum absolute atomic E-state index is 0.0728. The number of nitrogens with one attached hydrogen (secondary N) is 2. The van der Waals surface area contributed by atoms with E-state index in [0.29, 0.717) is 42.0 Å². The van der Waals surface area contributed by atoms with Crippen molar-refractivity contribution in [1.29, 1.82) is 0 Å². The third-order valence-electron chi connectivity index (χ3n) is 5.82. The summed E-state index contributed by atoms with van der Waals surface area (Å²) in [6.07, 6.45) is 4.86. The van der Waals surface area contributed by atoms with Crippen LogP contribution in [0.5, 0.6) is 5.88 Å². The Morgan fingerprint density at radius 2 is 2.00 bits per heavy atom. The molecule has 0 amide bonds. The summed E-state index contributed by atoms with van der Waals surface area (Å²) in [5.41, 5.74) is 2.20. The molecule has 2 aliphatic carbocycles. The first-order chi connectivity index (χ1) is 15.1. The number of aliphatic hydroxyl groups excluding tert-OH is 2. The molecule has 0 aromatic carbocycles. The van der Waals surface area contributed by atoms with Gasteiger partial charge in [-0.05, 0) is 50.5 Å². The maximum Gasteiger partial charge on any atom is 0.224 e. The standard InChI is InChI=1S/C23H29N5O3/c1-14-18(7-5-16-6-8-21(31-2)24-11-16)22(27-19-9-17(13-29)10-20(19)30)28-23(26-14)25-12-15-3-4-15/h6,8,11,15,17,19-20,29-30H,3-4,9-10,12-13H2,1-2H3,(H2,25,26,27,28)/t17-,19+,20+/m0/s1. The van der Waals surface area contributed by atoms with Gasteiger partial charge in [-0.25, -0.2) is 9.97 Å². The molecule has 0 aliphatic heterocycles. The van der Waals surface area contributed by atoms with E-state index in [9.17, 15) is 10.2 Å². The first-order valence-electron chi connectivity index (χ1n) is 10.8. The van der Waals surface area contributed by atoms with Gasteiger partial charge in [-0.3, -0.25) is 0 Å². The quantitative estimate of drug-likeness (QED) is 0.500. The predicted molar refractivity (Wildman–Crippen MR) is 118 cm³/mol. The molecule has 0 unspecified atom stereocenters. The van der Waals surface area contributed by atoms with Gasteiger partial charge in [-0.2, -0.15) is 4.98 Å². The summed E-state index contributed by atoms with van der Waals surface area (Å²) in [4.78, 5) is 13.5. The highest BCUT2D eigenvalue weighted by atomic mass is 16.5. The van der Waals surface area contributed by atoms with E-state index in [-0.39, 0.29) is 18.6 Å². The third kappa shape index (κ3) is 5.43. The average Bonchev–Trinajstić information content (AvgIpc) is 3.54. The Morgan fingerprint density at radius 1 is 1.16 bits per heavy atom. The number of aromatic nitrogens is 3. The molecule has 0 radical (unpaired) electrons. The van der Waals surface area contributed by atoms with Gasteiger partial charge in [0.05, 0.1) is 30.5 Å². The van der Waals surface area contributed by atoms with Crippen LogP contribution in [0.2, 0.25) is 0 Å². The highest BCUT2D eigenvalue weighted by Crippen LogP contribution is 2.31. The smallest absolute Gasteiger partial charge is 0.224 e. The van der Waals surface area contributed by atoms with Crippen molar-refractivity contribution in [3.8, 4) is 17.7 Å². The van der Waals surface area contributed by atoms with Crippen molar-refractivity contribution in [1.82, 2.24) is 15.0 Å². The highest BCUT2D eigenvalue weighted by Gasteiger charge is 2.33. The Morgan fingerprint density at radius 3 is 2.65 bits per heavy atom. The van der Waals surface area contributed by atoms with Crippen molar-refractivity contribution in [3.05, 3.63) is 35.2 Å². The molecule has 4 N–H and O–H groups in total. The highest BCUT2D eigenvalue weighted by molar-refractivity contribution is 5.60. The van der Waals surface area contributed by atoms with E-state index in [0.717, 1.165) is 17.8 Å². The number of hydrogen-bond acceptors (Lipinski definition) is 8. The molecule has 8 heteroatoms. The molecule has 0 saturated heterocycles. The molecule has 31 heavy (non-hydrogen) atoms.